The molecule has 0 bridgehead atoms. The summed E-state index contributed by atoms with van der Waals surface area (Å²) >= 11 is 0. The number of nitrogens with two attached hydrogens (primary N) is 1. The minimum atomic E-state index is -1.72. The molecule has 0 saturated carbocycles. The van der Waals surface area contributed by atoms with Crippen LogP contribution in [0.25, 0.3) is 0 Å². The number of nitrogens with zero attached hydrogens (tertiary/aromatic N) is 1. The first-order valence-electron chi connectivity index (χ1n) is 10.1. The van der Waals surface area contributed by atoms with Gasteiger partial charge in [-0.3, -0.25) is 19.2 Å². The minimum absolute atomic E-state index is 0.0433. The molecule has 0 radical (unpaired) electrons. The van der Waals surface area contributed by atoms with Gasteiger partial charge in [-0.05, 0) is 12.3 Å². The quantitative estimate of drug-likeness (QED) is 0.140. The smallest absolute Gasteiger partial charge is 0.326 e. The van der Waals surface area contributed by atoms with Gasteiger partial charge in [0.05, 0.1) is 19.4 Å². The largest absolute Gasteiger partial charge is 0.481 e. The molecule has 33 heavy (non-hydrogen) atoms. The third kappa shape index (κ3) is 9.65. The number of H-pyrrole nitrogens is 1. The van der Waals surface area contributed by atoms with Crippen molar-refractivity contribution in [2.45, 2.75) is 57.3 Å². The van der Waals surface area contributed by atoms with Gasteiger partial charge in [0.15, 0.2) is 0 Å². The van der Waals surface area contributed by atoms with Crippen molar-refractivity contribution in [1.29, 1.82) is 0 Å². The Morgan fingerprint density at radius 2 is 1.58 bits per heavy atom. The van der Waals surface area contributed by atoms with Crippen LogP contribution >= 0.6 is 0 Å². The number of nitrogens with one attached hydrogen (secondary N) is 4. The molecule has 1 rings (SSSR count). The van der Waals surface area contributed by atoms with Crippen LogP contribution in [-0.2, 0) is 30.4 Å². The molecular weight excluding hydrogens is 440 g/mol. The molecule has 4 unspecified atom stereocenters. The van der Waals surface area contributed by atoms with E-state index in [2.05, 4.69) is 25.9 Å². The SMILES string of the molecule is CC(C)CC(NC(=O)C(N)CO)C(=O)NC(Cc1cnc[nH]1)C(=O)NC(CC(=O)O)C(=O)O. The summed E-state index contributed by atoms with van der Waals surface area (Å²) in [5, 5.41) is 34.1. The molecule has 1 aromatic rings. The summed E-state index contributed by atoms with van der Waals surface area (Å²) in [6.45, 7) is 2.97. The number of amides is 3. The van der Waals surface area contributed by atoms with Gasteiger partial charge in [0, 0.05) is 18.3 Å². The van der Waals surface area contributed by atoms with Crippen LogP contribution in [0.5, 0.6) is 0 Å². The molecule has 0 aromatic carbocycles. The van der Waals surface area contributed by atoms with E-state index in [4.69, 9.17) is 15.9 Å². The number of hydrogen-bond donors (Lipinski definition) is 8. The molecule has 0 saturated heterocycles. The number of hydrogen-bond acceptors (Lipinski definition) is 8. The fraction of sp³-hybridized carbons (Fsp3) is 0.579. The second-order valence-electron chi connectivity index (χ2n) is 7.82. The summed E-state index contributed by atoms with van der Waals surface area (Å²) in [7, 11) is 0. The molecule has 1 heterocycles. The zero-order valence-corrected chi connectivity index (χ0v) is 18.3. The van der Waals surface area contributed by atoms with Crippen LogP contribution in [-0.4, -0.2) is 85.7 Å². The van der Waals surface area contributed by atoms with Gasteiger partial charge in [0.25, 0.3) is 0 Å². The summed E-state index contributed by atoms with van der Waals surface area (Å²) in [5.41, 5.74) is 5.92. The molecule has 4 atom stereocenters. The number of aliphatic hydroxyl groups is 1. The summed E-state index contributed by atoms with van der Waals surface area (Å²) < 4.78 is 0. The zero-order chi connectivity index (χ0) is 25.1. The fourth-order valence-electron chi connectivity index (χ4n) is 2.81. The van der Waals surface area contributed by atoms with Gasteiger partial charge >= 0.3 is 11.9 Å². The average Bonchev–Trinajstić information content (AvgIpc) is 3.23. The van der Waals surface area contributed by atoms with E-state index in [1.54, 1.807) is 13.8 Å². The van der Waals surface area contributed by atoms with Crippen molar-refractivity contribution >= 4 is 29.7 Å². The number of aromatic amines is 1. The lowest BCUT2D eigenvalue weighted by molar-refractivity contribution is -0.147. The van der Waals surface area contributed by atoms with Crippen LogP contribution in [0.4, 0.5) is 0 Å². The summed E-state index contributed by atoms with van der Waals surface area (Å²) in [6.07, 6.45) is 1.94. The van der Waals surface area contributed by atoms with E-state index in [1.165, 1.54) is 12.5 Å². The number of imidazole rings is 1. The minimum Gasteiger partial charge on any atom is -0.481 e. The number of aromatic nitrogens is 2. The Labute approximate surface area is 189 Å². The Hall–Kier alpha value is -3.52. The monoisotopic (exact) mass is 470 g/mol. The van der Waals surface area contributed by atoms with Crippen LogP contribution in [0.2, 0.25) is 0 Å². The number of aliphatic hydroxyl groups excluding tert-OH is 1. The Morgan fingerprint density at radius 1 is 1.00 bits per heavy atom. The second-order valence-corrected chi connectivity index (χ2v) is 7.82. The Bertz CT molecular complexity index is 828. The molecule has 1 aromatic heterocycles. The third-order valence-corrected chi connectivity index (χ3v) is 4.48. The van der Waals surface area contributed by atoms with E-state index in [1.807, 2.05) is 0 Å². The second kappa shape index (κ2) is 13.1. The number of rotatable bonds is 14. The zero-order valence-electron chi connectivity index (χ0n) is 18.3. The highest BCUT2D eigenvalue weighted by atomic mass is 16.4. The van der Waals surface area contributed by atoms with E-state index in [0.29, 0.717) is 5.69 Å². The lowest BCUT2D eigenvalue weighted by atomic mass is 10.0. The molecule has 0 aliphatic rings. The average molecular weight is 470 g/mol. The maximum Gasteiger partial charge on any atom is 0.326 e. The topological polar surface area (TPSA) is 237 Å². The highest BCUT2D eigenvalue weighted by molar-refractivity contribution is 5.94. The highest BCUT2D eigenvalue weighted by Crippen LogP contribution is 2.08. The van der Waals surface area contributed by atoms with Crippen molar-refractivity contribution in [3.63, 3.8) is 0 Å². The predicted octanol–water partition coefficient (Wildman–Crippen LogP) is -2.67. The van der Waals surface area contributed by atoms with Gasteiger partial charge in [0.1, 0.15) is 24.2 Å². The van der Waals surface area contributed by atoms with E-state index in [9.17, 15) is 29.1 Å². The van der Waals surface area contributed by atoms with Crippen LogP contribution in [0, 0.1) is 5.92 Å². The van der Waals surface area contributed by atoms with Crippen molar-refractivity contribution in [2.24, 2.45) is 11.7 Å². The lowest BCUT2D eigenvalue weighted by Gasteiger charge is -2.25. The van der Waals surface area contributed by atoms with E-state index in [-0.39, 0.29) is 18.8 Å². The van der Waals surface area contributed by atoms with E-state index < -0.39 is 66.9 Å². The van der Waals surface area contributed by atoms with Crippen LogP contribution < -0.4 is 21.7 Å². The van der Waals surface area contributed by atoms with Crippen molar-refractivity contribution in [2.75, 3.05) is 6.61 Å². The molecule has 9 N–H and O–H groups in total. The first kappa shape index (κ1) is 27.5. The van der Waals surface area contributed by atoms with Crippen molar-refractivity contribution in [3.05, 3.63) is 18.2 Å². The molecule has 0 fully saturated rings. The molecule has 0 aliphatic carbocycles. The van der Waals surface area contributed by atoms with Gasteiger partial charge in [-0.2, -0.15) is 0 Å². The molecule has 14 heteroatoms. The summed E-state index contributed by atoms with van der Waals surface area (Å²) in [4.78, 5) is 66.6. The first-order valence-corrected chi connectivity index (χ1v) is 10.1. The number of carbonyl (C=O) groups excluding carboxylic acids is 3. The number of carboxylic acids is 2. The van der Waals surface area contributed by atoms with Gasteiger partial charge < -0.3 is 42.0 Å². The fourth-order valence-corrected chi connectivity index (χ4v) is 2.81. The molecule has 184 valence electrons. The number of carboxylic acid groups (broad SMARTS) is 2. The molecular formula is C19H30N6O8. The third-order valence-electron chi connectivity index (χ3n) is 4.48. The maximum absolute atomic E-state index is 12.9. The highest BCUT2D eigenvalue weighted by Gasteiger charge is 2.31. The lowest BCUT2D eigenvalue weighted by Crippen LogP contribution is -2.58. The standard InChI is InChI=1S/C19H30N6O8/c1-9(2)3-12(23-16(29)11(20)7-26)17(30)24-13(4-10-6-21-8-22-10)18(31)25-14(19(32)33)5-15(27)28/h6,8-9,11-14,26H,3-5,7,20H2,1-2H3,(H,21,22)(H,23,29)(H,24,30)(H,25,31)(H,27,28)(H,32,33). The van der Waals surface area contributed by atoms with Crippen molar-refractivity contribution < 1.29 is 39.3 Å². The Morgan fingerprint density at radius 3 is 2.06 bits per heavy atom. The van der Waals surface area contributed by atoms with E-state index in [0.717, 1.165) is 0 Å². The first-order chi connectivity index (χ1) is 15.4. The van der Waals surface area contributed by atoms with Crippen molar-refractivity contribution in [3.8, 4) is 0 Å². The van der Waals surface area contributed by atoms with Gasteiger partial charge in [-0.15, -0.1) is 0 Å². The van der Waals surface area contributed by atoms with Gasteiger partial charge in [-0.1, -0.05) is 13.8 Å². The number of aliphatic carboxylic acids is 2. The van der Waals surface area contributed by atoms with Crippen LogP contribution in [0.3, 0.4) is 0 Å². The Kier molecular flexibility index (Phi) is 10.9. The van der Waals surface area contributed by atoms with Crippen LogP contribution in [0.15, 0.2) is 12.5 Å². The van der Waals surface area contributed by atoms with Crippen molar-refractivity contribution in [1.82, 2.24) is 25.9 Å². The van der Waals surface area contributed by atoms with Crippen LogP contribution in [0.1, 0.15) is 32.4 Å². The molecule has 3 amide bonds. The summed E-state index contributed by atoms with van der Waals surface area (Å²) in [6, 6.07) is -5.37. The van der Waals surface area contributed by atoms with E-state index >= 15 is 0 Å². The molecule has 0 spiro atoms. The maximum atomic E-state index is 12.9. The van der Waals surface area contributed by atoms with Gasteiger partial charge in [0.2, 0.25) is 17.7 Å². The summed E-state index contributed by atoms with van der Waals surface area (Å²) in [5.74, 6) is -5.48. The molecule has 0 aliphatic heterocycles. The normalized spacial score (nSPS) is 14.6. The number of carbonyl (C=O) groups is 5. The Balaban J connectivity index is 3.07. The van der Waals surface area contributed by atoms with Gasteiger partial charge in [-0.25, -0.2) is 9.78 Å². The molecule has 14 nitrogen and oxygen atoms in total. The predicted molar refractivity (Wildman–Crippen MR) is 112 cm³/mol.